The van der Waals surface area contributed by atoms with Gasteiger partial charge in [0.25, 0.3) is 0 Å². The van der Waals surface area contributed by atoms with Gasteiger partial charge in [0.15, 0.2) is 0 Å². The number of ketones is 1. The molecule has 0 heterocycles. The standard InChI is InChI=1S/C11H16O2/c1-13-11-4-7-2-8(5-11)10(12)9(3-7)6-11/h7-9H,2-6H2,1H3/i1D3. The Balaban J connectivity index is 1.86. The van der Waals surface area contributed by atoms with Crippen molar-refractivity contribution in [3.05, 3.63) is 0 Å². The summed E-state index contributed by atoms with van der Waals surface area (Å²) < 4.78 is 27.1. The van der Waals surface area contributed by atoms with Crippen molar-refractivity contribution < 1.29 is 13.6 Å². The topological polar surface area (TPSA) is 26.3 Å². The fourth-order valence-electron chi connectivity index (χ4n) is 3.80. The molecule has 0 aromatic carbocycles. The van der Waals surface area contributed by atoms with Crippen LogP contribution in [0.25, 0.3) is 0 Å². The molecule has 2 unspecified atom stereocenters. The van der Waals surface area contributed by atoms with E-state index in [-0.39, 0.29) is 11.8 Å². The van der Waals surface area contributed by atoms with E-state index in [1.54, 1.807) is 0 Å². The van der Waals surface area contributed by atoms with Gasteiger partial charge in [0.05, 0.1) is 9.71 Å². The Morgan fingerprint density at radius 2 is 2.08 bits per heavy atom. The molecule has 4 aliphatic carbocycles. The zero-order valence-electron chi connectivity index (χ0n) is 10.6. The average molecular weight is 183 g/mol. The molecule has 0 aliphatic heterocycles. The normalized spacial score (nSPS) is 57.4. The Bertz CT molecular complexity index is 319. The number of carbonyl (C=O) groups is 1. The first-order valence-electron chi connectivity index (χ1n) is 6.61. The molecule has 72 valence electrons. The van der Waals surface area contributed by atoms with E-state index >= 15 is 0 Å². The molecule has 4 saturated carbocycles. The lowest BCUT2D eigenvalue weighted by Gasteiger charge is -2.54. The van der Waals surface area contributed by atoms with Gasteiger partial charge in [-0.15, -0.1) is 0 Å². The van der Waals surface area contributed by atoms with Crippen LogP contribution in [-0.2, 0) is 9.53 Å². The van der Waals surface area contributed by atoms with Gasteiger partial charge in [0.2, 0.25) is 0 Å². The average Bonchev–Trinajstić information content (AvgIpc) is 2.08. The number of carbonyl (C=O) groups excluding carboxylic acids is 1. The zero-order chi connectivity index (χ0) is 11.6. The fourth-order valence-corrected chi connectivity index (χ4v) is 3.80. The number of hydrogen-bond donors (Lipinski definition) is 0. The molecule has 0 spiro atoms. The van der Waals surface area contributed by atoms with Gasteiger partial charge in [-0.2, -0.15) is 0 Å². The van der Waals surface area contributed by atoms with E-state index in [9.17, 15) is 4.79 Å². The van der Waals surface area contributed by atoms with E-state index in [1.165, 1.54) is 0 Å². The van der Waals surface area contributed by atoms with E-state index < -0.39 is 12.6 Å². The minimum atomic E-state index is -2.32. The lowest BCUT2D eigenvalue weighted by Crippen LogP contribution is -2.55. The van der Waals surface area contributed by atoms with E-state index in [4.69, 9.17) is 8.85 Å². The maximum atomic E-state index is 11.9. The molecule has 0 N–H and O–H groups in total. The Hall–Kier alpha value is -0.370. The van der Waals surface area contributed by atoms with E-state index in [1.807, 2.05) is 0 Å². The molecule has 4 rings (SSSR count). The maximum Gasteiger partial charge on any atom is 0.139 e. The second-order valence-corrected chi connectivity index (χ2v) is 5.03. The third-order valence-electron chi connectivity index (χ3n) is 4.15. The predicted octanol–water partition coefficient (Wildman–Crippen LogP) is 1.78. The quantitative estimate of drug-likeness (QED) is 0.619. The summed E-state index contributed by atoms with van der Waals surface area (Å²) in [4.78, 5) is 11.9. The Morgan fingerprint density at radius 1 is 1.38 bits per heavy atom. The van der Waals surface area contributed by atoms with Crippen molar-refractivity contribution >= 4 is 5.78 Å². The summed E-state index contributed by atoms with van der Waals surface area (Å²) in [5.41, 5.74) is -0.518. The van der Waals surface area contributed by atoms with Gasteiger partial charge in [-0.05, 0) is 38.0 Å². The van der Waals surface area contributed by atoms with Gasteiger partial charge in [-0.25, -0.2) is 0 Å². The summed E-state index contributed by atoms with van der Waals surface area (Å²) >= 11 is 0. The van der Waals surface area contributed by atoms with Crippen LogP contribution in [0.4, 0.5) is 0 Å². The first kappa shape index (κ1) is 5.50. The van der Waals surface area contributed by atoms with Crippen molar-refractivity contribution in [2.45, 2.75) is 37.7 Å². The highest BCUT2D eigenvalue weighted by atomic mass is 16.5. The summed E-state index contributed by atoms with van der Waals surface area (Å²) in [5.74, 6) is 1.03. The van der Waals surface area contributed by atoms with Gasteiger partial charge >= 0.3 is 0 Å². The highest BCUT2D eigenvalue weighted by Crippen LogP contribution is 2.55. The lowest BCUT2D eigenvalue weighted by molar-refractivity contribution is -0.168. The van der Waals surface area contributed by atoms with Gasteiger partial charge in [-0.3, -0.25) is 4.79 Å². The third kappa shape index (κ3) is 0.954. The van der Waals surface area contributed by atoms with Gasteiger partial charge in [0.1, 0.15) is 5.78 Å². The van der Waals surface area contributed by atoms with Crippen LogP contribution >= 0.6 is 0 Å². The second kappa shape index (κ2) is 2.35. The van der Waals surface area contributed by atoms with Crippen LogP contribution < -0.4 is 0 Å². The second-order valence-electron chi connectivity index (χ2n) is 5.03. The molecule has 13 heavy (non-hydrogen) atoms. The molecule has 0 aromatic heterocycles. The number of rotatable bonds is 1. The summed E-state index contributed by atoms with van der Waals surface area (Å²) in [6.45, 7) is 0. The van der Waals surface area contributed by atoms with Crippen molar-refractivity contribution in [1.29, 1.82) is 0 Å². The molecule has 0 amide bonds. The van der Waals surface area contributed by atoms with E-state index in [0.717, 1.165) is 19.3 Å². The molecular weight excluding hydrogens is 164 g/mol. The van der Waals surface area contributed by atoms with E-state index in [0.29, 0.717) is 24.5 Å². The molecule has 0 aromatic rings. The van der Waals surface area contributed by atoms with Crippen molar-refractivity contribution in [3.63, 3.8) is 0 Å². The maximum absolute atomic E-state index is 11.9. The minimum absolute atomic E-state index is 0.0774. The van der Waals surface area contributed by atoms with Crippen molar-refractivity contribution in [3.8, 4) is 0 Å². The summed E-state index contributed by atoms with van der Waals surface area (Å²) in [7, 11) is -2.32. The molecule has 4 aliphatic rings. The Morgan fingerprint density at radius 3 is 2.69 bits per heavy atom. The predicted molar refractivity (Wildman–Crippen MR) is 48.3 cm³/mol. The lowest BCUT2D eigenvalue weighted by atomic mass is 9.53. The van der Waals surface area contributed by atoms with Crippen molar-refractivity contribution in [2.75, 3.05) is 7.04 Å². The Kier molecular flexibility index (Phi) is 0.995. The van der Waals surface area contributed by atoms with Crippen LogP contribution in [-0.4, -0.2) is 18.4 Å². The molecule has 2 nitrogen and oxygen atoms in total. The zero-order valence-corrected chi connectivity index (χ0v) is 7.58. The summed E-state index contributed by atoms with van der Waals surface area (Å²) in [6.07, 6.45) is 4.03. The molecule has 2 atom stereocenters. The molecular formula is C11H16O2. The number of methoxy groups -OCH3 is 1. The Labute approximate surface area is 82.9 Å². The minimum Gasteiger partial charge on any atom is -0.378 e. The number of Topliss-reactive ketones (excluding diaryl/α,β-unsaturated/α-hetero) is 1. The van der Waals surface area contributed by atoms with Crippen LogP contribution in [0.1, 0.15) is 36.2 Å². The fraction of sp³-hybridized carbons (Fsp3) is 0.909. The number of hydrogen-bond acceptors (Lipinski definition) is 2. The third-order valence-corrected chi connectivity index (χ3v) is 4.15. The molecule has 0 radical (unpaired) electrons. The summed E-state index contributed by atoms with van der Waals surface area (Å²) in [5, 5.41) is 0. The number of ether oxygens (including phenoxy) is 1. The van der Waals surface area contributed by atoms with Crippen LogP contribution in [0, 0.1) is 17.8 Å². The van der Waals surface area contributed by atoms with Crippen LogP contribution in [0.2, 0.25) is 0 Å². The SMILES string of the molecule is [2H]C([2H])([2H])OC12CC3CC(C1)C(=O)C(C3)C2. The largest absolute Gasteiger partial charge is 0.378 e. The monoisotopic (exact) mass is 183 g/mol. The first-order chi connectivity index (χ1) is 7.37. The first-order valence-corrected chi connectivity index (χ1v) is 5.11. The molecule has 4 bridgehead atoms. The van der Waals surface area contributed by atoms with Gasteiger partial charge in [0, 0.05) is 18.9 Å². The summed E-state index contributed by atoms with van der Waals surface area (Å²) in [6, 6.07) is 0. The highest BCUT2D eigenvalue weighted by molar-refractivity contribution is 5.85. The van der Waals surface area contributed by atoms with Crippen molar-refractivity contribution in [1.82, 2.24) is 0 Å². The van der Waals surface area contributed by atoms with Gasteiger partial charge < -0.3 is 4.74 Å². The molecule has 2 heteroatoms. The molecule has 4 fully saturated rings. The van der Waals surface area contributed by atoms with Gasteiger partial charge in [-0.1, -0.05) is 0 Å². The van der Waals surface area contributed by atoms with E-state index in [2.05, 4.69) is 0 Å². The smallest absolute Gasteiger partial charge is 0.139 e. The van der Waals surface area contributed by atoms with Crippen LogP contribution in [0.15, 0.2) is 0 Å². The van der Waals surface area contributed by atoms with Crippen LogP contribution in [0.5, 0.6) is 0 Å². The van der Waals surface area contributed by atoms with Crippen molar-refractivity contribution in [2.24, 2.45) is 17.8 Å². The highest BCUT2D eigenvalue weighted by Gasteiger charge is 2.55. The molecule has 0 saturated heterocycles. The van der Waals surface area contributed by atoms with Crippen LogP contribution in [0.3, 0.4) is 0 Å².